The van der Waals surface area contributed by atoms with Crippen LogP contribution in [0, 0.1) is 0 Å². The van der Waals surface area contributed by atoms with Gasteiger partial charge in [-0.1, -0.05) is 0 Å². The van der Waals surface area contributed by atoms with Crippen LogP contribution in [0.15, 0.2) is 0 Å². The summed E-state index contributed by atoms with van der Waals surface area (Å²) in [6.45, 7) is 0. The van der Waals surface area contributed by atoms with Gasteiger partial charge in [0.05, 0.1) is 0 Å². The molecule has 0 heterocycles. The van der Waals surface area contributed by atoms with Gasteiger partial charge < -0.3 is 0 Å². The molecule has 0 saturated carbocycles. The first-order valence-electron chi connectivity index (χ1n) is 0.548. The van der Waals surface area contributed by atoms with Crippen molar-refractivity contribution in [2.75, 3.05) is 0 Å². The molecule has 0 amide bonds. The fourth-order valence-electron chi connectivity index (χ4n) is 0. The molecule has 44 valence electrons. The van der Waals surface area contributed by atoms with Gasteiger partial charge in [-0.3, -0.25) is 0 Å². The maximum absolute atomic E-state index is 2.56. The molecule has 0 aromatic carbocycles. The summed E-state index contributed by atoms with van der Waals surface area (Å²) >= 11 is 14.2. The number of rotatable bonds is 0. The van der Waals surface area contributed by atoms with Crippen LogP contribution in [0.3, 0.4) is 0 Å². The van der Waals surface area contributed by atoms with Crippen molar-refractivity contribution in [2.24, 2.45) is 0 Å². The minimum absolute atomic E-state index is 0. The van der Waals surface area contributed by atoms with Gasteiger partial charge in [0.25, 0.3) is 0 Å². The molecule has 0 aliphatic rings. The second kappa shape index (κ2) is 53.9. The molecule has 0 aromatic heterocycles. The Labute approximate surface area is 97.9 Å². The van der Waals surface area contributed by atoms with Gasteiger partial charge in [-0.2, -0.15) is 0 Å². The summed E-state index contributed by atoms with van der Waals surface area (Å²) in [5.41, 5.74) is 0. The van der Waals surface area contributed by atoms with E-state index >= 15 is 0 Å². The van der Waals surface area contributed by atoms with Gasteiger partial charge in [-0.25, -0.2) is 0 Å². The molecule has 0 unspecified atom stereocenters. The molecule has 0 aliphatic carbocycles. The Morgan fingerprint density at radius 2 is 0.571 bits per heavy atom. The standard InChI is InChI=1S/As.3HSe2/c;3*1-2/h;3*1H/q+3;3*-1. The van der Waals surface area contributed by atoms with Crippen LogP contribution in [-0.4, -0.2) is 99.9 Å². The van der Waals surface area contributed by atoms with Crippen molar-refractivity contribution >= 4 is 99.9 Å². The van der Waals surface area contributed by atoms with E-state index in [9.17, 15) is 0 Å². The number of hydrogen-bond acceptors (Lipinski definition) is 0. The molecular formula is H3AsSe6. The first-order chi connectivity index (χ1) is 3.00. The van der Waals surface area contributed by atoms with Crippen molar-refractivity contribution in [3.8, 4) is 0 Å². The van der Waals surface area contributed by atoms with Gasteiger partial charge in [-0.05, 0) is 0 Å². The fraction of sp³-hybridized carbons (Fsp3) is 0. The summed E-state index contributed by atoms with van der Waals surface area (Å²) in [6.07, 6.45) is 0. The Hall–Kier alpha value is 3.68. The third kappa shape index (κ3) is 42.2. The topological polar surface area (TPSA) is 0 Å². The third-order valence-corrected chi connectivity index (χ3v) is 0. The molecule has 0 saturated heterocycles. The first-order valence-corrected chi connectivity index (χ1v) is 14.8. The Morgan fingerprint density at radius 1 is 0.571 bits per heavy atom. The van der Waals surface area contributed by atoms with Crippen LogP contribution in [0.5, 0.6) is 0 Å². The zero-order valence-electron chi connectivity index (χ0n) is 3.01. The average Bonchev–Trinajstić information content (AvgIpc) is 1.81. The second-order valence-electron chi connectivity index (χ2n) is 0. The molecule has 0 bridgehead atoms. The Morgan fingerprint density at radius 3 is 0.571 bits per heavy atom. The van der Waals surface area contributed by atoms with Crippen LogP contribution >= 0.6 is 0 Å². The molecule has 0 nitrogen and oxygen atoms in total. The SMILES string of the molecule is [As+3].[Se]=[SeH-].[Se]=[SeH-].[Se]=[SeH-]. The van der Waals surface area contributed by atoms with Crippen LogP contribution in [0.25, 0.3) is 0 Å². The van der Waals surface area contributed by atoms with Crippen molar-refractivity contribution < 1.29 is 0 Å². The van der Waals surface area contributed by atoms with Crippen molar-refractivity contribution in [3.63, 3.8) is 0 Å². The van der Waals surface area contributed by atoms with Gasteiger partial charge in [0.2, 0.25) is 0 Å². The van der Waals surface area contributed by atoms with Crippen LogP contribution in [0.2, 0.25) is 0 Å². The van der Waals surface area contributed by atoms with Crippen molar-refractivity contribution in [2.45, 2.75) is 0 Å². The van der Waals surface area contributed by atoms with Crippen LogP contribution in [0.1, 0.15) is 0 Å². The van der Waals surface area contributed by atoms with E-state index in [2.05, 4.69) is 81.9 Å². The van der Waals surface area contributed by atoms with Gasteiger partial charge in [0.15, 0.2) is 0 Å². The minimum atomic E-state index is 0. The van der Waals surface area contributed by atoms with Crippen LogP contribution in [0.4, 0.5) is 0 Å². The Bertz CT molecular complexity index is 8.90. The van der Waals surface area contributed by atoms with E-state index in [1.54, 1.807) is 0 Å². The predicted molar refractivity (Wildman–Crippen MR) is 44.5 cm³/mol. The predicted octanol–water partition coefficient (Wildman–Crippen LogP) is -3.47. The molecule has 0 atom stereocenters. The molecule has 7 heteroatoms. The average molecular weight is 552 g/mol. The Balaban J connectivity index is -0.00000000900. The number of hydrogen-bond donors (Lipinski definition) is 0. The molecule has 0 aromatic rings. The molecule has 7 heavy (non-hydrogen) atoms. The van der Waals surface area contributed by atoms with E-state index in [0.717, 1.165) is 0 Å². The third-order valence-electron chi connectivity index (χ3n) is 0. The van der Waals surface area contributed by atoms with Gasteiger partial charge in [0.1, 0.15) is 0 Å². The van der Waals surface area contributed by atoms with E-state index in [1.165, 1.54) is 0 Å². The molecule has 2 radical (unpaired) electrons. The molecule has 0 N–H and O–H groups in total. The summed E-state index contributed by atoms with van der Waals surface area (Å²) < 4.78 is 0. The van der Waals surface area contributed by atoms with Crippen molar-refractivity contribution in [3.05, 3.63) is 0 Å². The van der Waals surface area contributed by atoms with E-state index < -0.39 is 0 Å². The molecule has 0 aliphatic heterocycles. The van der Waals surface area contributed by atoms with Gasteiger partial charge >= 0.3 is 99.9 Å². The van der Waals surface area contributed by atoms with Crippen molar-refractivity contribution in [1.29, 1.82) is 0 Å². The first kappa shape index (κ1) is 22.4. The van der Waals surface area contributed by atoms with Gasteiger partial charge in [0, 0.05) is 0 Å². The molecule has 0 spiro atoms. The van der Waals surface area contributed by atoms with E-state index in [4.69, 9.17) is 0 Å². The van der Waals surface area contributed by atoms with Gasteiger partial charge in [-0.15, -0.1) is 0 Å². The van der Waals surface area contributed by atoms with Crippen LogP contribution < -0.4 is 0 Å². The summed E-state index contributed by atoms with van der Waals surface area (Å²) in [6, 6.07) is 0. The second-order valence-corrected chi connectivity index (χ2v) is 0. The zero-order valence-corrected chi connectivity index (χ0v) is 15.7. The molecule has 0 fully saturated rings. The van der Waals surface area contributed by atoms with Crippen molar-refractivity contribution in [1.82, 2.24) is 0 Å². The van der Waals surface area contributed by atoms with E-state index in [-0.39, 0.29) is 18.0 Å². The zero-order chi connectivity index (χ0) is 6.00. The molecule has 0 rings (SSSR count). The Kier molecular flexibility index (Phi) is 173. The summed E-state index contributed by atoms with van der Waals surface area (Å²) in [4.78, 5) is 0. The van der Waals surface area contributed by atoms with E-state index in [0.29, 0.717) is 0 Å². The molecular weight excluding hydrogens is 549 g/mol. The monoisotopic (exact) mass is 557 g/mol. The summed E-state index contributed by atoms with van der Waals surface area (Å²) in [7, 11) is 0. The maximum atomic E-state index is 2.56. The van der Waals surface area contributed by atoms with Crippen LogP contribution in [-0.2, 0) is 0 Å². The quantitative estimate of drug-likeness (QED) is 0.275. The summed E-state index contributed by atoms with van der Waals surface area (Å²) in [5, 5.41) is 0. The van der Waals surface area contributed by atoms with E-state index in [1.807, 2.05) is 0 Å². The fourth-order valence-corrected chi connectivity index (χ4v) is 0. The normalized spacial score (nSPS) is 2.14. The summed E-state index contributed by atoms with van der Waals surface area (Å²) in [5.74, 6) is 0.